The van der Waals surface area contributed by atoms with Crippen LogP contribution in [0.15, 0.2) is 22.7 Å². The zero-order valence-corrected chi connectivity index (χ0v) is 11.4. The summed E-state index contributed by atoms with van der Waals surface area (Å²) in [7, 11) is 3.55. The van der Waals surface area contributed by atoms with E-state index >= 15 is 0 Å². The first-order valence-corrected chi connectivity index (χ1v) is 5.91. The molecule has 0 saturated carbocycles. The Morgan fingerprint density at radius 3 is 2.61 bits per heavy atom. The molecule has 1 aromatic heterocycles. The van der Waals surface area contributed by atoms with Crippen molar-refractivity contribution >= 4 is 27.8 Å². The fourth-order valence-electron chi connectivity index (χ4n) is 1.37. The normalized spacial score (nSPS) is 10.4. The monoisotopic (exact) mass is 311 g/mol. The molecule has 18 heavy (non-hydrogen) atoms. The molecule has 1 aromatic carbocycles. The number of hydrogen-bond acceptors (Lipinski definition) is 5. The van der Waals surface area contributed by atoms with Crippen LogP contribution in [0.25, 0.3) is 11.4 Å². The molecule has 0 radical (unpaired) electrons. The molecule has 0 spiro atoms. The highest BCUT2D eigenvalue weighted by Crippen LogP contribution is 2.24. The molecule has 2 rings (SSSR count). The summed E-state index contributed by atoms with van der Waals surface area (Å²) in [5, 5.41) is 0. The van der Waals surface area contributed by atoms with Gasteiger partial charge in [-0.25, -0.2) is 4.39 Å². The molecule has 0 aliphatic carbocycles. The summed E-state index contributed by atoms with van der Waals surface area (Å²) in [6.45, 7) is 0. The van der Waals surface area contributed by atoms with E-state index in [4.69, 9.17) is 5.73 Å². The van der Waals surface area contributed by atoms with E-state index in [0.29, 0.717) is 5.95 Å². The Bertz CT molecular complexity index is 588. The Morgan fingerprint density at radius 2 is 1.94 bits per heavy atom. The van der Waals surface area contributed by atoms with E-state index in [0.717, 1.165) is 4.47 Å². The van der Waals surface area contributed by atoms with Crippen LogP contribution in [0.4, 0.5) is 16.3 Å². The summed E-state index contributed by atoms with van der Waals surface area (Å²) in [6.07, 6.45) is 0. The summed E-state index contributed by atoms with van der Waals surface area (Å²) in [4.78, 5) is 13.8. The molecule has 0 bridgehead atoms. The standard InChI is InChI=1S/C11H11BrFN5/c1-18(2)11-16-9(15-10(14)17-11)7-5-6(12)3-4-8(7)13/h3-5H,1-2H3,(H2,14,15,16,17). The maximum atomic E-state index is 13.7. The van der Waals surface area contributed by atoms with E-state index in [9.17, 15) is 4.39 Å². The van der Waals surface area contributed by atoms with Gasteiger partial charge in [-0.15, -0.1) is 0 Å². The maximum absolute atomic E-state index is 13.7. The van der Waals surface area contributed by atoms with Crippen LogP contribution in [-0.2, 0) is 0 Å². The molecule has 0 aliphatic rings. The van der Waals surface area contributed by atoms with Gasteiger partial charge in [0.1, 0.15) is 5.82 Å². The molecule has 0 saturated heterocycles. The Hall–Kier alpha value is -1.76. The Morgan fingerprint density at radius 1 is 1.22 bits per heavy atom. The number of aromatic nitrogens is 3. The van der Waals surface area contributed by atoms with Gasteiger partial charge in [0.05, 0.1) is 5.56 Å². The van der Waals surface area contributed by atoms with Gasteiger partial charge in [0.15, 0.2) is 5.82 Å². The smallest absolute Gasteiger partial charge is 0.230 e. The van der Waals surface area contributed by atoms with Crippen LogP contribution in [0.3, 0.4) is 0 Å². The van der Waals surface area contributed by atoms with Crippen molar-refractivity contribution in [3.05, 3.63) is 28.5 Å². The first-order valence-electron chi connectivity index (χ1n) is 5.11. The largest absolute Gasteiger partial charge is 0.368 e. The van der Waals surface area contributed by atoms with Crippen LogP contribution in [0.1, 0.15) is 0 Å². The molecule has 94 valence electrons. The third-order valence-corrected chi connectivity index (χ3v) is 2.70. The zero-order valence-electron chi connectivity index (χ0n) is 9.85. The fraction of sp³-hybridized carbons (Fsp3) is 0.182. The minimum atomic E-state index is -0.409. The SMILES string of the molecule is CN(C)c1nc(N)nc(-c2cc(Br)ccc2F)n1. The first-order chi connectivity index (χ1) is 8.47. The Kier molecular flexibility index (Phi) is 3.42. The number of halogens is 2. The van der Waals surface area contributed by atoms with E-state index in [1.54, 1.807) is 31.1 Å². The van der Waals surface area contributed by atoms with E-state index in [2.05, 4.69) is 30.9 Å². The van der Waals surface area contributed by atoms with Gasteiger partial charge in [0.2, 0.25) is 11.9 Å². The predicted octanol–water partition coefficient (Wildman–Crippen LogP) is 2.09. The lowest BCUT2D eigenvalue weighted by atomic mass is 10.2. The molecule has 7 heteroatoms. The van der Waals surface area contributed by atoms with Crippen LogP contribution < -0.4 is 10.6 Å². The quantitative estimate of drug-likeness (QED) is 0.919. The fourth-order valence-corrected chi connectivity index (χ4v) is 1.73. The van der Waals surface area contributed by atoms with Gasteiger partial charge < -0.3 is 10.6 Å². The highest BCUT2D eigenvalue weighted by molar-refractivity contribution is 9.10. The number of benzene rings is 1. The van der Waals surface area contributed by atoms with Gasteiger partial charge in [-0.3, -0.25) is 0 Å². The van der Waals surface area contributed by atoms with Crippen molar-refractivity contribution in [2.24, 2.45) is 0 Å². The molecule has 0 amide bonds. The van der Waals surface area contributed by atoms with E-state index < -0.39 is 5.82 Å². The van der Waals surface area contributed by atoms with E-state index in [1.165, 1.54) is 6.07 Å². The molecule has 1 heterocycles. The third-order valence-electron chi connectivity index (χ3n) is 2.21. The number of hydrogen-bond donors (Lipinski definition) is 1. The second-order valence-corrected chi connectivity index (χ2v) is 4.75. The second kappa shape index (κ2) is 4.85. The van der Waals surface area contributed by atoms with Gasteiger partial charge in [0, 0.05) is 18.6 Å². The highest BCUT2D eigenvalue weighted by atomic mass is 79.9. The average molecular weight is 312 g/mol. The van der Waals surface area contributed by atoms with Crippen molar-refractivity contribution in [1.29, 1.82) is 0 Å². The summed E-state index contributed by atoms with van der Waals surface area (Å²) in [5.41, 5.74) is 5.88. The lowest BCUT2D eigenvalue weighted by Gasteiger charge is -2.11. The number of nitrogens with zero attached hydrogens (tertiary/aromatic N) is 4. The van der Waals surface area contributed by atoms with Crippen molar-refractivity contribution < 1.29 is 4.39 Å². The van der Waals surface area contributed by atoms with Crippen LogP contribution in [-0.4, -0.2) is 29.0 Å². The molecule has 5 nitrogen and oxygen atoms in total. The summed E-state index contributed by atoms with van der Waals surface area (Å²) in [6, 6.07) is 4.55. The lowest BCUT2D eigenvalue weighted by Crippen LogP contribution is -2.15. The molecule has 0 aliphatic heterocycles. The van der Waals surface area contributed by atoms with Crippen molar-refractivity contribution in [1.82, 2.24) is 15.0 Å². The van der Waals surface area contributed by atoms with Crippen LogP contribution in [0.2, 0.25) is 0 Å². The average Bonchev–Trinajstić information content (AvgIpc) is 2.31. The zero-order chi connectivity index (χ0) is 13.3. The number of anilines is 2. The van der Waals surface area contributed by atoms with Gasteiger partial charge in [-0.1, -0.05) is 15.9 Å². The van der Waals surface area contributed by atoms with Crippen molar-refractivity contribution in [3.8, 4) is 11.4 Å². The molecule has 0 fully saturated rings. The van der Waals surface area contributed by atoms with E-state index in [1.807, 2.05) is 0 Å². The summed E-state index contributed by atoms with van der Waals surface area (Å²) < 4.78 is 14.5. The van der Waals surface area contributed by atoms with Crippen molar-refractivity contribution in [2.45, 2.75) is 0 Å². The predicted molar refractivity (Wildman–Crippen MR) is 71.7 cm³/mol. The molecule has 2 aromatic rings. The topological polar surface area (TPSA) is 67.9 Å². The summed E-state index contributed by atoms with van der Waals surface area (Å²) in [5.74, 6) is 0.249. The van der Waals surface area contributed by atoms with Crippen LogP contribution >= 0.6 is 15.9 Å². The second-order valence-electron chi connectivity index (χ2n) is 3.84. The lowest BCUT2D eigenvalue weighted by molar-refractivity contribution is 0.629. The van der Waals surface area contributed by atoms with Gasteiger partial charge >= 0.3 is 0 Å². The summed E-state index contributed by atoms with van der Waals surface area (Å²) >= 11 is 3.28. The van der Waals surface area contributed by atoms with Crippen molar-refractivity contribution in [2.75, 3.05) is 24.7 Å². The number of nitrogens with two attached hydrogens (primary N) is 1. The van der Waals surface area contributed by atoms with Crippen molar-refractivity contribution in [3.63, 3.8) is 0 Å². The van der Waals surface area contributed by atoms with E-state index in [-0.39, 0.29) is 17.3 Å². The van der Waals surface area contributed by atoms with Gasteiger partial charge in [-0.2, -0.15) is 15.0 Å². The van der Waals surface area contributed by atoms with Crippen LogP contribution in [0.5, 0.6) is 0 Å². The highest BCUT2D eigenvalue weighted by Gasteiger charge is 2.12. The van der Waals surface area contributed by atoms with Gasteiger partial charge in [-0.05, 0) is 18.2 Å². The molecule has 0 atom stereocenters. The third kappa shape index (κ3) is 2.56. The van der Waals surface area contributed by atoms with Gasteiger partial charge in [0.25, 0.3) is 0 Å². The molecule has 2 N–H and O–H groups in total. The minimum absolute atomic E-state index is 0.0584. The number of rotatable bonds is 2. The molecular formula is C11H11BrFN5. The molecule has 0 unspecified atom stereocenters. The Balaban J connectivity index is 2.60. The molecular weight excluding hydrogens is 301 g/mol. The minimum Gasteiger partial charge on any atom is -0.368 e. The Labute approximate surface area is 112 Å². The van der Waals surface area contributed by atoms with Crippen LogP contribution in [0, 0.1) is 5.82 Å². The first kappa shape index (κ1) is 12.7. The number of nitrogen functional groups attached to an aromatic ring is 1. The maximum Gasteiger partial charge on any atom is 0.230 e.